The Morgan fingerprint density at radius 2 is 1.62 bits per heavy atom. The van der Waals surface area contributed by atoms with E-state index in [-0.39, 0.29) is 23.9 Å². The summed E-state index contributed by atoms with van der Waals surface area (Å²) >= 11 is 0. The van der Waals surface area contributed by atoms with E-state index in [0.29, 0.717) is 6.42 Å². The summed E-state index contributed by atoms with van der Waals surface area (Å²) in [5, 5.41) is 0. The number of carbonyl (C=O) groups excluding carboxylic acids is 1. The van der Waals surface area contributed by atoms with Crippen molar-refractivity contribution in [3.05, 3.63) is 65.2 Å². The van der Waals surface area contributed by atoms with Gasteiger partial charge in [0, 0.05) is 30.0 Å². The van der Waals surface area contributed by atoms with Gasteiger partial charge in [-0.1, -0.05) is 48.0 Å². The number of hydrogen-bond donors (Lipinski definition) is 0. The predicted octanol–water partition coefficient (Wildman–Crippen LogP) is 5.17. The second-order valence-electron chi connectivity index (χ2n) is 7.40. The molecule has 0 unspecified atom stereocenters. The van der Waals surface area contributed by atoms with E-state index in [1.54, 1.807) is 7.11 Å². The van der Waals surface area contributed by atoms with Crippen LogP contribution in [-0.4, -0.2) is 30.0 Å². The molecule has 0 aromatic heterocycles. The van der Waals surface area contributed by atoms with Crippen molar-refractivity contribution >= 4 is 5.91 Å². The fourth-order valence-corrected chi connectivity index (χ4v) is 3.67. The van der Waals surface area contributed by atoms with Crippen molar-refractivity contribution < 1.29 is 9.53 Å². The minimum atomic E-state index is -0.0291. The summed E-state index contributed by atoms with van der Waals surface area (Å²) in [6.07, 6.45) is 0.431. The number of amides is 1. The number of hydrogen-bond acceptors (Lipinski definition) is 2. The van der Waals surface area contributed by atoms with Gasteiger partial charge in [-0.15, -0.1) is 0 Å². The molecule has 0 saturated heterocycles. The largest absolute Gasteiger partial charge is 0.496 e. The zero-order valence-corrected chi connectivity index (χ0v) is 16.8. The average molecular weight is 354 g/mol. The van der Waals surface area contributed by atoms with E-state index in [1.165, 1.54) is 5.56 Å². The lowest BCUT2D eigenvalue weighted by molar-refractivity contribution is -0.135. The molecule has 0 N–H and O–H groups in total. The first-order valence-electron chi connectivity index (χ1n) is 9.35. The lowest BCUT2D eigenvalue weighted by Crippen LogP contribution is -2.42. The third-order valence-corrected chi connectivity index (χ3v) is 4.74. The fraction of sp³-hybridized carbons (Fsp3) is 0.435. The highest BCUT2D eigenvalue weighted by Crippen LogP contribution is 2.35. The van der Waals surface area contributed by atoms with Crippen LogP contribution in [0, 0.1) is 6.92 Å². The second kappa shape index (κ2) is 8.88. The van der Waals surface area contributed by atoms with E-state index in [9.17, 15) is 4.79 Å². The topological polar surface area (TPSA) is 29.5 Å². The van der Waals surface area contributed by atoms with Crippen molar-refractivity contribution in [2.24, 2.45) is 0 Å². The van der Waals surface area contributed by atoms with E-state index < -0.39 is 0 Å². The molecule has 0 heterocycles. The summed E-state index contributed by atoms with van der Waals surface area (Å²) in [6.45, 7) is 10.4. The number of benzene rings is 2. The lowest BCUT2D eigenvalue weighted by Gasteiger charge is -2.32. The second-order valence-corrected chi connectivity index (χ2v) is 7.40. The highest BCUT2D eigenvalue weighted by molar-refractivity contribution is 5.78. The molecule has 1 atom stereocenters. The Kier molecular flexibility index (Phi) is 6.84. The third-order valence-electron chi connectivity index (χ3n) is 4.74. The Hall–Kier alpha value is -2.29. The maximum absolute atomic E-state index is 13.2. The number of rotatable bonds is 7. The molecule has 1 amide bonds. The number of carbonyl (C=O) groups is 1. The summed E-state index contributed by atoms with van der Waals surface area (Å²) < 4.78 is 5.61. The van der Waals surface area contributed by atoms with E-state index in [1.807, 2.05) is 35.2 Å². The van der Waals surface area contributed by atoms with E-state index >= 15 is 0 Å². The molecule has 0 fully saturated rings. The van der Waals surface area contributed by atoms with Crippen LogP contribution in [0.2, 0.25) is 0 Å². The van der Waals surface area contributed by atoms with Crippen LogP contribution in [0.25, 0.3) is 0 Å². The zero-order valence-electron chi connectivity index (χ0n) is 16.8. The van der Waals surface area contributed by atoms with Crippen molar-refractivity contribution in [3.63, 3.8) is 0 Å². The van der Waals surface area contributed by atoms with Crippen molar-refractivity contribution in [2.75, 3.05) is 7.11 Å². The molecule has 140 valence electrons. The number of ether oxygens (including phenoxy) is 1. The Morgan fingerprint density at radius 3 is 2.15 bits per heavy atom. The van der Waals surface area contributed by atoms with Crippen molar-refractivity contribution in [1.82, 2.24) is 4.90 Å². The molecule has 26 heavy (non-hydrogen) atoms. The highest BCUT2D eigenvalue weighted by Gasteiger charge is 2.27. The van der Waals surface area contributed by atoms with Gasteiger partial charge in [0.15, 0.2) is 0 Å². The van der Waals surface area contributed by atoms with Gasteiger partial charge in [0.05, 0.1) is 7.11 Å². The predicted molar refractivity (Wildman–Crippen MR) is 108 cm³/mol. The molecule has 3 heteroatoms. The Labute approximate surface area is 158 Å². The van der Waals surface area contributed by atoms with Gasteiger partial charge in [-0.2, -0.15) is 0 Å². The summed E-state index contributed by atoms with van der Waals surface area (Å²) in [6, 6.07) is 16.8. The van der Waals surface area contributed by atoms with Gasteiger partial charge in [-0.25, -0.2) is 0 Å². The molecular weight excluding hydrogens is 322 g/mol. The minimum Gasteiger partial charge on any atom is -0.496 e. The van der Waals surface area contributed by atoms with Crippen LogP contribution in [0.4, 0.5) is 0 Å². The average Bonchev–Trinajstić information content (AvgIpc) is 2.59. The van der Waals surface area contributed by atoms with E-state index in [0.717, 1.165) is 16.9 Å². The van der Waals surface area contributed by atoms with Crippen LogP contribution >= 0.6 is 0 Å². The molecule has 0 bridgehead atoms. The number of aryl methyl sites for hydroxylation is 1. The Bertz CT molecular complexity index is 714. The smallest absolute Gasteiger partial charge is 0.223 e. The van der Waals surface area contributed by atoms with Gasteiger partial charge >= 0.3 is 0 Å². The molecule has 3 nitrogen and oxygen atoms in total. The molecular formula is C23H31NO2. The van der Waals surface area contributed by atoms with Crippen LogP contribution < -0.4 is 4.74 Å². The van der Waals surface area contributed by atoms with Gasteiger partial charge in [0.1, 0.15) is 5.75 Å². The van der Waals surface area contributed by atoms with E-state index in [4.69, 9.17) is 4.74 Å². The van der Waals surface area contributed by atoms with Gasteiger partial charge in [-0.05, 0) is 46.2 Å². The monoisotopic (exact) mass is 353 g/mol. The molecule has 0 spiro atoms. The maximum Gasteiger partial charge on any atom is 0.223 e. The first kappa shape index (κ1) is 20.0. The van der Waals surface area contributed by atoms with Gasteiger partial charge in [0.25, 0.3) is 0 Å². The quantitative estimate of drug-likeness (QED) is 0.687. The minimum absolute atomic E-state index is 0.0291. The molecule has 0 aliphatic rings. The molecule has 0 radical (unpaired) electrons. The standard InChI is InChI=1S/C23H31NO2/c1-16(2)24(17(3)4)23(25)15-20(19-10-8-7-9-11-19)21-14-18(5)12-13-22(21)26-6/h7-14,16-17,20H,15H2,1-6H3/t20-/m0/s1. The lowest BCUT2D eigenvalue weighted by atomic mass is 9.86. The molecule has 2 aromatic carbocycles. The SMILES string of the molecule is COc1ccc(C)cc1[C@@H](CC(=O)N(C(C)C)C(C)C)c1ccccc1. The normalized spacial score (nSPS) is 12.3. The molecule has 0 aliphatic heterocycles. The zero-order chi connectivity index (χ0) is 19.3. The van der Waals surface area contributed by atoms with Gasteiger partial charge in [-0.3, -0.25) is 4.79 Å². The Balaban J connectivity index is 2.47. The highest BCUT2D eigenvalue weighted by atomic mass is 16.5. The Morgan fingerprint density at radius 1 is 1.00 bits per heavy atom. The van der Waals surface area contributed by atoms with Crippen molar-refractivity contribution in [2.45, 2.75) is 59.0 Å². The van der Waals surface area contributed by atoms with Crippen LogP contribution in [0.1, 0.15) is 56.7 Å². The van der Waals surface area contributed by atoms with E-state index in [2.05, 4.69) is 52.8 Å². The summed E-state index contributed by atoms with van der Waals surface area (Å²) in [5.41, 5.74) is 3.37. The molecule has 0 aliphatic carbocycles. The fourth-order valence-electron chi connectivity index (χ4n) is 3.67. The number of methoxy groups -OCH3 is 1. The first-order valence-corrected chi connectivity index (χ1v) is 9.35. The summed E-state index contributed by atoms with van der Waals surface area (Å²) in [4.78, 5) is 15.1. The summed E-state index contributed by atoms with van der Waals surface area (Å²) in [7, 11) is 1.69. The van der Waals surface area contributed by atoms with Crippen molar-refractivity contribution in [1.29, 1.82) is 0 Å². The molecule has 2 rings (SSSR count). The van der Waals surface area contributed by atoms with Gasteiger partial charge < -0.3 is 9.64 Å². The van der Waals surface area contributed by atoms with Crippen LogP contribution in [0.5, 0.6) is 5.75 Å². The molecule has 2 aromatic rings. The molecule has 0 saturated carbocycles. The van der Waals surface area contributed by atoms with Gasteiger partial charge in [0.2, 0.25) is 5.91 Å². The third kappa shape index (κ3) is 4.66. The van der Waals surface area contributed by atoms with Crippen LogP contribution in [0.15, 0.2) is 48.5 Å². The van der Waals surface area contributed by atoms with Crippen LogP contribution in [-0.2, 0) is 4.79 Å². The first-order chi connectivity index (χ1) is 12.3. The van der Waals surface area contributed by atoms with Crippen molar-refractivity contribution in [3.8, 4) is 5.75 Å². The van der Waals surface area contributed by atoms with Crippen LogP contribution in [0.3, 0.4) is 0 Å². The summed E-state index contributed by atoms with van der Waals surface area (Å²) in [5.74, 6) is 0.976. The number of nitrogens with zero attached hydrogens (tertiary/aromatic N) is 1. The maximum atomic E-state index is 13.2.